The van der Waals surface area contributed by atoms with Crippen LogP contribution in [0.2, 0.25) is 0 Å². The van der Waals surface area contributed by atoms with Gasteiger partial charge in [0.25, 0.3) is 11.7 Å². The fourth-order valence-corrected chi connectivity index (χ4v) is 3.79. The second-order valence-corrected chi connectivity index (χ2v) is 7.26. The largest absolute Gasteiger partial charge is 0.507 e. The standard InChI is InChI=1S/C25H19N3O4/c1-15-13-18(32-2)10-11-19(15)23(29)21-22(20-5-3-4-12-27-20)28(25(31)24(21)30)17-8-6-16(14-26)7-9-17/h3-13,22,29H,1-2H3/b23-21-. The van der Waals surface area contributed by atoms with Crippen LogP contribution >= 0.6 is 0 Å². The van der Waals surface area contributed by atoms with Crippen molar-refractivity contribution in [2.75, 3.05) is 12.0 Å². The Morgan fingerprint density at radius 1 is 1.12 bits per heavy atom. The molecule has 1 unspecified atom stereocenters. The van der Waals surface area contributed by atoms with E-state index in [-0.39, 0.29) is 11.3 Å². The molecule has 1 fully saturated rings. The first-order chi connectivity index (χ1) is 15.5. The first-order valence-electron chi connectivity index (χ1n) is 9.83. The summed E-state index contributed by atoms with van der Waals surface area (Å²) in [6.07, 6.45) is 1.56. The number of carbonyl (C=O) groups is 2. The normalized spacial score (nSPS) is 17.3. The Hall–Kier alpha value is -4.44. The lowest BCUT2D eigenvalue weighted by atomic mass is 9.96. The number of rotatable bonds is 4. The van der Waals surface area contributed by atoms with Gasteiger partial charge < -0.3 is 9.84 Å². The average molecular weight is 425 g/mol. The number of benzene rings is 2. The van der Waals surface area contributed by atoms with Crippen LogP contribution in [-0.2, 0) is 9.59 Å². The van der Waals surface area contributed by atoms with Crippen molar-refractivity contribution in [1.29, 1.82) is 5.26 Å². The number of hydrogen-bond acceptors (Lipinski definition) is 6. The van der Waals surface area contributed by atoms with E-state index in [1.165, 1.54) is 4.90 Å². The molecule has 1 aliphatic rings. The second kappa shape index (κ2) is 8.36. The summed E-state index contributed by atoms with van der Waals surface area (Å²) in [5, 5.41) is 20.3. The summed E-state index contributed by atoms with van der Waals surface area (Å²) in [6, 6.07) is 17.7. The predicted molar refractivity (Wildman–Crippen MR) is 118 cm³/mol. The molecule has 7 nitrogen and oxygen atoms in total. The van der Waals surface area contributed by atoms with Crippen LogP contribution in [0.25, 0.3) is 5.76 Å². The van der Waals surface area contributed by atoms with Crippen LogP contribution in [0.1, 0.15) is 28.4 Å². The molecular weight excluding hydrogens is 406 g/mol. The van der Waals surface area contributed by atoms with Crippen LogP contribution in [0.5, 0.6) is 5.75 Å². The molecule has 1 saturated heterocycles. The summed E-state index contributed by atoms with van der Waals surface area (Å²) >= 11 is 0. The number of carbonyl (C=O) groups excluding carboxylic acids is 2. The van der Waals surface area contributed by atoms with Crippen LogP contribution in [0.15, 0.2) is 72.4 Å². The summed E-state index contributed by atoms with van der Waals surface area (Å²) in [7, 11) is 1.54. The van der Waals surface area contributed by atoms with Crippen molar-refractivity contribution in [1.82, 2.24) is 4.98 Å². The van der Waals surface area contributed by atoms with Crippen LogP contribution in [-0.4, -0.2) is 28.9 Å². The molecule has 3 aromatic rings. The van der Waals surface area contributed by atoms with Crippen molar-refractivity contribution in [2.45, 2.75) is 13.0 Å². The van der Waals surface area contributed by atoms with Crippen LogP contribution in [0, 0.1) is 18.3 Å². The monoisotopic (exact) mass is 425 g/mol. The lowest BCUT2D eigenvalue weighted by molar-refractivity contribution is -0.132. The highest BCUT2D eigenvalue weighted by molar-refractivity contribution is 6.51. The van der Waals surface area contributed by atoms with Crippen molar-refractivity contribution >= 4 is 23.1 Å². The fraction of sp³-hybridized carbons (Fsp3) is 0.120. The number of nitrogens with zero attached hydrogens (tertiary/aromatic N) is 3. The predicted octanol–water partition coefficient (Wildman–Crippen LogP) is 3.90. The zero-order valence-electron chi connectivity index (χ0n) is 17.4. The van der Waals surface area contributed by atoms with E-state index >= 15 is 0 Å². The molecule has 32 heavy (non-hydrogen) atoms. The Balaban J connectivity index is 1.93. The first kappa shape index (κ1) is 20.8. The number of aliphatic hydroxyl groups excluding tert-OH is 1. The van der Waals surface area contributed by atoms with E-state index in [9.17, 15) is 14.7 Å². The highest BCUT2D eigenvalue weighted by Crippen LogP contribution is 2.42. The van der Waals surface area contributed by atoms with E-state index in [0.29, 0.717) is 33.8 Å². The van der Waals surface area contributed by atoms with Gasteiger partial charge in [0.05, 0.1) is 30.0 Å². The highest BCUT2D eigenvalue weighted by Gasteiger charge is 2.47. The molecule has 1 amide bonds. The number of amides is 1. The molecular formula is C25H19N3O4. The third-order valence-electron chi connectivity index (χ3n) is 5.38. The molecule has 1 atom stereocenters. The maximum absolute atomic E-state index is 13.1. The van der Waals surface area contributed by atoms with Gasteiger partial charge in [0.15, 0.2) is 0 Å². The Labute approximate surface area is 184 Å². The summed E-state index contributed by atoms with van der Waals surface area (Å²) in [4.78, 5) is 31.9. The van der Waals surface area contributed by atoms with Gasteiger partial charge in [-0.3, -0.25) is 19.5 Å². The van der Waals surface area contributed by atoms with Gasteiger partial charge in [-0.1, -0.05) is 6.07 Å². The SMILES string of the molecule is COc1ccc(/C(O)=C2/C(=O)C(=O)N(c3ccc(C#N)cc3)C2c2ccccn2)c(C)c1. The molecule has 2 aromatic carbocycles. The number of ketones is 1. The fourth-order valence-electron chi connectivity index (χ4n) is 3.79. The molecule has 1 aliphatic heterocycles. The minimum Gasteiger partial charge on any atom is -0.507 e. The molecule has 0 spiro atoms. The van der Waals surface area contributed by atoms with Crippen molar-refractivity contribution in [2.24, 2.45) is 0 Å². The number of aliphatic hydroxyl groups is 1. The topological polar surface area (TPSA) is 104 Å². The van der Waals surface area contributed by atoms with Gasteiger partial charge in [-0.05, 0) is 67.1 Å². The summed E-state index contributed by atoms with van der Waals surface area (Å²) < 4.78 is 5.22. The number of methoxy groups -OCH3 is 1. The van der Waals surface area contributed by atoms with Gasteiger partial charge in [-0.25, -0.2) is 0 Å². The number of ether oxygens (including phenoxy) is 1. The Morgan fingerprint density at radius 3 is 2.47 bits per heavy atom. The minimum absolute atomic E-state index is 0.0497. The summed E-state index contributed by atoms with van der Waals surface area (Å²) in [5.41, 5.74) is 2.34. The maximum atomic E-state index is 13.1. The van der Waals surface area contributed by atoms with E-state index < -0.39 is 17.7 Å². The molecule has 0 bridgehead atoms. The molecule has 1 aromatic heterocycles. The summed E-state index contributed by atoms with van der Waals surface area (Å²) in [5.74, 6) is -1.26. The minimum atomic E-state index is -0.925. The lowest BCUT2D eigenvalue weighted by Crippen LogP contribution is -2.29. The highest BCUT2D eigenvalue weighted by atomic mass is 16.5. The van der Waals surface area contributed by atoms with Gasteiger partial charge in [0, 0.05) is 17.4 Å². The number of Topliss-reactive ketones (excluding diaryl/α,β-unsaturated/α-hetero) is 1. The number of hydrogen-bond donors (Lipinski definition) is 1. The third kappa shape index (κ3) is 3.48. The molecule has 7 heteroatoms. The van der Waals surface area contributed by atoms with Gasteiger partial charge in [0.2, 0.25) is 0 Å². The number of aromatic nitrogens is 1. The van der Waals surface area contributed by atoms with Crippen LogP contribution < -0.4 is 9.64 Å². The molecule has 4 rings (SSSR count). The van der Waals surface area contributed by atoms with Crippen LogP contribution in [0.4, 0.5) is 5.69 Å². The van der Waals surface area contributed by atoms with E-state index in [2.05, 4.69) is 4.98 Å². The van der Waals surface area contributed by atoms with E-state index in [4.69, 9.17) is 10.00 Å². The quantitative estimate of drug-likeness (QED) is 0.386. The molecule has 158 valence electrons. The molecule has 1 N–H and O–H groups in total. The smallest absolute Gasteiger partial charge is 0.300 e. The van der Waals surface area contributed by atoms with E-state index in [1.54, 1.807) is 80.9 Å². The first-order valence-corrected chi connectivity index (χ1v) is 9.83. The van der Waals surface area contributed by atoms with Gasteiger partial charge in [-0.15, -0.1) is 0 Å². The second-order valence-electron chi connectivity index (χ2n) is 7.26. The molecule has 2 heterocycles. The van der Waals surface area contributed by atoms with Gasteiger partial charge in [-0.2, -0.15) is 5.26 Å². The van der Waals surface area contributed by atoms with Crippen molar-refractivity contribution in [3.05, 3.63) is 94.8 Å². The maximum Gasteiger partial charge on any atom is 0.300 e. The van der Waals surface area contributed by atoms with Crippen molar-refractivity contribution in [3.63, 3.8) is 0 Å². The number of nitriles is 1. The summed E-state index contributed by atoms with van der Waals surface area (Å²) in [6.45, 7) is 1.78. The number of aryl methyl sites for hydroxylation is 1. The van der Waals surface area contributed by atoms with Crippen molar-refractivity contribution in [3.8, 4) is 11.8 Å². The zero-order valence-corrected chi connectivity index (χ0v) is 17.4. The van der Waals surface area contributed by atoms with Gasteiger partial charge in [0.1, 0.15) is 17.6 Å². The number of anilines is 1. The van der Waals surface area contributed by atoms with Crippen molar-refractivity contribution < 1.29 is 19.4 Å². The zero-order chi connectivity index (χ0) is 22.8. The van der Waals surface area contributed by atoms with E-state index in [1.807, 2.05) is 6.07 Å². The van der Waals surface area contributed by atoms with E-state index in [0.717, 1.165) is 0 Å². The third-order valence-corrected chi connectivity index (χ3v) is 5.38. The Bertz CT molecular complexity index is 1270. The Kier molecular flexibility index (Phi) is 5.44. The van der Waals surface area contributed by atoms with Crippen LogP contribution in [0.3, 0.4) is 0 Å². The lowest BCUT2D eigenvalue weighted by Gasteiger charge is -2.24. The average Bonchev–Trinajstić information content (AvgIpc) is 3.09. The van der Waals surface area contributed by atoms with Gasteiger partial charge >= 0.3 is 0 Å². The molecule has 0 saturated carbocycles. The molecule has 0 aliphatic carbocycles. The Morgan fingerprint density at radius 2 is 1.88 bits per heavy atom. The number of pyridine rings is 1. The molecule has 0 radical (unpaired) electrons.